The van der Waals surface area contributed by atoms with Crippen molar-refractivity contribution in [1.29, 1.82) is 0 Å². The van der Waals surface area contributed by atoms with Gasteiger partial charge in [0.2, 0.25) is 0 Å². The molecular formula is C28H52Sn. The Bertz CT molecular complexity index is 348. The monoisotopic (exact) mass is 508 g/mol. The molecule has 4 aliphatic carbocycles. The molecule has 29 heavy (non-hydrogen) atoms. The second kappa shape index (κ2) is 12.1. The van der Waals surface area contributed by atoms with E-state index in [0.717, 1.165) is 0 Å². The Labute approximate surface area is 187 Å². The molecule has 0 spiro atoms. The van der Waals surface area contributed by atoms with Gasteiger partial charge < -0.3 is 0 Å². The van der Waals surface area contributed by atoms with Crippen LogP contribution in [-0.4, -0.2) is 18.4 Å². The summed E-state index contributed by atoms with van der Waals surface area (Å²) in [5.74, 6) is 4.70. The molecule has 0 unspecified atom stereocenters. The number of hydrogen-bond acceptors (Lipinski definition) is 0. The summed E-state index contributed by atoms with van der Waals surface area (Å²) >= 11 is -2.11. The average molecular weight is 507 g/mol. The molecule has 0 N–H and O–H groups in total. The second-order valence-electron chi connectivity index (χ2n) is 12.3. The van der Waals surface area contributed by atoms with Crippen LogP contribution in [0.3, 0.4) is 0 Å². The van der Waals surface area contributed by atoms with E-state index in [1.165, 1.54) is 23.7 Å². The van der Waals surface area contributed by atoms with Gasteiger partial charge in [0, 0.05) is 0 Å². The van der Waals surface area contributed by atoms with Gasteiger partial charge in [-0.3, -0.25) is 0 Å². The number of rotatable bonds is 8. The molecule has 1 heteroatoms. The minimum absolute atomic E-state index is 1.18. The van der Waals surface area contributed by atoms with Crippen molar-refractivity contribution in [1.82, 2.24) is 0 Å². The van der Waals surface area contributed by atoms with E-state index in [9.17, 15) is 0 Å². The normalized spacial score (nSPS) is 27.3. The predicted octanol–water partition coefficient (Wildman–Crippen LogP) is 9.76. The molecule has 4 saturated carbocycles. The van der Waals surface area contributed by atoms with E-state index >= 15 is 0 Å². The van der Waals surface area contributed by atoms with Gasteiger partial charge in [0.1, 0.15) is 0 Å². The minimum atomic E-state index is -2.11. The van der Waals surface area contributed by atoms with Crippen molar-refractivity contribution in [2.75, 3.05) is 0 Å². The van der Waals surface area contributed by atoms with E-state index in [2.05, 4.69) is 0 Å². The van der Waals surface area contributed by atoms with E-state index in [-0.39, 0.29) is 0 Å². The Morgan fingerprint density at radius 2 is 0.517 bits per heavy atom. The molecule has 0 aromatic heterocycles. The summed E-state index contributed by atoms with van der Waals surface area (Å²) < 4.78 is 7.38. The summed E-state index contributed by atoms with van der Waals surface area (Å²) in [6.07, 6.45) is 31.8. The summed E-state index contributed by atoms with van der Waals surface area (Å²) in [6.45, 7) is 0. The average Bonchev–Trinajstić information content (AvgIpc) is 2.76. The SMILES string of the molecule is C1CCC([CH2][Sn]([CH2]C2CCCCC2)([CH2]C2CCCCC2)[CH2]C2CCCCC2)CC1. The van der Waals surface area contributed by atoms with Crippen molar-refractivity contribution >= 4 is 18.4 Å². The van der Waals surface area contributed by atoms with Gasteiger partial charge in [-0.25, -0.2) is 0 Å². The van der Waals surface area contributed by atoms with Crippen LogP contribution in [0.15, 0.2) is 0 Å². The predicted molar refractivity (Wildman–Crippen MR) is 131 cm³/mol. The molecule has 4 rings (SSSR count). The van der Waals surface area contributed by atoms with Crippen LogP contribution in [0.25, 0.3) is 0 Å². The molecule has 168 valence electrons. The Hall–Kier alpha value is 0.799. The number of hydrogen-bond donors (Lipinski definition) is 0. The van der Waals surface area contributed by atoms with E-state index < -0.39 is 18.4 Å². The third-order valence-corrected chi connectivity index (χ3v) is 26.3. The molecule has 0 aromatic rings. The van der Waals surface area contributed by atoms with Crippen molar-refractivity contribution in [2.45, 2.75) is 146 Å². The van der Waals surface area contributed by atoms with Crippen LogP contribution in [-0.2, 0) is 0 Å². The van der Waals surface area contributed by atoms with Gasteiger partial charge in [-0.05, 0) is 0 Å². The fourth-order valence-electron chi connectivity index (χ4n) is 8.51. The zero-order valence-corrected chi connectivity index (χ0v) is 22.6. The maximum absolute atomic E-state index is 2.11. The zero-order valence-electron chi connectivity index (χ0n) is 19.8. The van der Waals surface area contributed by atoms with Crippen LogP contribution in [0.4, 0.5) is 0 Å². The maximum atomic E-state index is 1.85. The standard InChI is InChI=1S/4C7H13.Sn/c4*1-7-5-3-2-4-6-7;/h4*7H,1-6H2;. The first-order valence-electron chi connectivity index (χ1n) is 14.3. The van der Waals surface area contributed by atoms with Crippen molar-refractivity contribution in [2.24, 2.45) is 23.7 Å². The van der Waals surface area contributed by atoms with E-state index in [0.29, 0.717) is 0 Å². The van der Waals surface area contributed by atoms with Crippen LogP contribution < -0.4 is 0 Å². The van der Waals surface area contributed by atoms with Gasteiger partial charge >= 0.3 is 188 Å². The summed E-state index contributed by atoms with van der Waals surface area (Å²) in [4.78, 5) is 0. The van der Waals surface area contributed by atoms with Gasteiger partial charge in [-0.1, -0.05) is 0 Å². The molecule has 0 atom stereocenters. The van der Waals surface area contributed by atoms with Crippen molar-refractivity contribution in [3.8, 4) is 0 Å². The molecule has 0 nitrogen and oxygen atoms in total. The Kier molecular flexibility index (Phi) is 9.62. The van der Waals surface area contributed by atoms with Crippen LogP contribution in [0, 0.1) is 23.7 Å². The Morgan fingerprint density at radius 1 is 0.310 bits per heavy atom. The molecule has 4 fully saturated rings. The zero-order chi connectivity index (χ0) is 19.8. The van der Waals surface area contributed by atoms with Crippen molar-refractivity contribution in [3.63, 3.8) is 0 Å². The van der Waals surface area contributed by atoms with Crippen molar-refractivity contribution in [3.05, 3.63) is 0 Å². The molecule has 0 radical (unpaired) electrons. The second-order valence-corrected chi connectivity index (χ2v) is 25.6. The molecule has 0 bridgehead atoms. The third kappa shape index (κ3) is 7.42. The van der Waals surface area contributed by atoms with Crippen LogP contribution in [0.5, 0.6) is 0 Å². The van der Waals surface area contributed by atoms with Gasteiger partial charge in [-0.2, -0.15) is 0 Å². The molecule has 0 heterocycles. The van der Waals surface area contributed by atoms with E-state index in [4.69, 9.17) is 0 Å². The Balaban J connectivity index is 1.51. The fraction of sp³-hybridized carbons (Fsp3) is 1.00. The van der Waals surface area contributed by atoms with Crippen LogP contribution in [0.2, 0.25) is 17.7 Å². The van der Waals surface area contributed by atoms with Crippen LogP contribution in [0.1, 0.15) is 128 Å². The summed E-state index contributed by atoms with van der Waals surface area (Å²) in [7, 11) is 0. The quantitative estimate of drug-likeness (QED) is 0.287. The molecule has 0 amide bonds. The summed E-state index contributed by atoms with van der Waals surface area (Å²) in [5.41, 5.74) is 0. The summed E-state index contributed by atoms with van der Waals surface area (Å²) in [6, 6.07) is 0. The molecule has 0 aliphatic heterocycles. The Morgan fingerprint density at radius 3 is 0.724 bits per heavy atom. The molecule has 0 aromatic carbocycles. The van der Waals surface area contributed by atoms with Gasteiger partial charge in [0.15, 0.2) is 0 Å². The van der Waals surface area contributed by atoms with Gasteiger partial charge in [0.25, 0.3) is 0 Å². The molecular weight excluding hydrogens is 455 g/mol. The first kappa shape index (κ1) is 23.0. The van der Waals surface area contributed by atoms with E-state index in [1.807, 2.05) is 17.7 Å². The first-order valence-corrected chi connectivity index (χ1v) is 22.4. The van der Waals surface area contributed by atoms with Crippen molar-refractivity contribution < 1.29 is 0 Å². The van der Waals surface area contributed by atoms with Crippen LogP contribution >= 0.6 is 0 Å². The topological polar surface area (TPSA) is 0 Å². The summed E-state index contributed by atoms with van der Waals surface area (Å²) in [5, 5.41) is 0. The fourth-order valence-corrected chi connectivity index (χ4v) is 30.0. The van der Waals surface area contributed by atoms with Gasteiger partial charge in [-0.15, -0.1) is 0 Å². The van der Waals surface area contributed by atoms with Gasteiger partial charge in [0.05, 0.1) is 0 Å². The third-order valence-electron chi connectivity index (χ3n) is 9.79. The van der Waals surface area contributed by atoms with E-state index in [1.54, 1.807) is 128 Å². The molecule has 0 saturated heterocycles. The first-order chi connectivity index (χ1) is 14.3. The molecule has 4 aliphatic rings.